The van der Waals surface area contributed by atoms with Crippen LogP contribution in [0.15, 0.2) is 42.5 Å². The Morgan fingerprint density at radius 3 is 2.59 bits per heavy atom. The summed E-state index contributed by atoms with van der Waals surface area (Å²) in [6, 6.07) is 10.4. The Labute approximate surface area is 185 Å². The van der Waals surface area contributed by atoms with Crippen molar-refractivity contribution in [2.24, 2.45) is 0 Å². The number of halogens is 2. The van der Waals surface area contributed by atoms with E-state index in [2.05, 4.69) is 5.32 Å². The van der Waals surface area contributed by atoms with Gasteiger partial charge in [0, 0.05) is 32.0 Å². The van der Waals surface area contributed by atoms with E-state index in [0.717, 1.165) is 6.07 Å². The van der Waals surface area contributed by atoms with E-state index < -0.39 is 17.3 Å². The summed E-state index contributed by atoms with van der Waals surface area (Å²) in [5.74, 6) is -1.64. The first-order valence-electron chi connectivity index (χ1n) is 10.8. The number of carbonyl (C=O) groups excluding carboxylic acids is 3. The zero-order valence-electron chi connectivity index (χ0n) is 17.9. The van der Waals surface area contributed by atoms with E-state index in [1.54, 1.807) is 28.0 Å². The van der Waals surface area contributed by atoms with Crippen LogP contribution in [0, 0.1) is 11.6 Å². The van der Waals surface area contributed by atoms with Gasteiger partial charge in [-0.05, 0) is 56.0 Å². The van der Waals surface area contributed by atoms with Crippen molar-refractivity contribution in [3.05, 3.63) is 65.2 Å². The lowest BCUT2D eigenvalue weighted by atomic mass is 9.98. The van der Waals surface area contributed by atoms with Gasteiger partial charge in [-0.2, -0.15) is 0 Å². The number of benzene rings is 2. The molecular formula is C24H25F2N3O3. The number of para-hydroxylation sites is 1. The molecule has 1 unspecified atom stereocenters. The van der Waals surface area contributed by atoms with E-state index >= 15 is 0 Å². The predicted octanol–water partition coefficient (Wildman–Crippen LogP) is 3.40. The van der Waals surface area contributed by atoms with Crippen LogP contribution in [0.5, 0.6) is 0 Å². The molecule has 168 valence electrons. The van der Waals surface area contributed by atoms with Crippen LogP contribution >= 0.6 is 0 Å². The van der Waals surface area contributed by atoms with Gasteiger partial charge in [-0.25, -0.2) is 8.78 Å². The van der Waals surface area contributed by atoms with E-state index in [9.17, 15) is 23.2 Å². The minimum Gasteiger partial charge on any atom is -0.356 e. The average Bonchev–Trinajstić information content (AvgIpc) is 3.05. The maximum absolute atomic E-state index is 13.2. The average molecular weight is 441 g/mol. The van der Waals surface area contributed by atoms with Crippen LogP contribution in [0.3, 0.4) is 0 Å². The van der Waals surface area contributed by atoms with Crippen molar-refractivity contribution in [1.29, 1.82) is 0 Å². The van der Waals surface area contributed by atoms with Crippen molar-refractivity contribution in [3.8, 4) is 0 Å². The van der Waals surface area contributed by atoms with Gasteiger partial charge < -0.3 is 10.2 Å². The van der Waals surface area contributed by atoms with Crippen LogP contribution in [-0.4, -0.2) is 41.4 Å². The molecule has 4 rings (SSSR count). The van der Waals surface area contributed by atoms with Crippen molar-refractivity contribution in [2.75, 3.05) is 18.0 Å². The van der Waals surface area contributed by atoms with Crippen molar-refractivity contribution in [1.82, 2.24) is 10.2 Å². The van der Waals surface area contributed by atoms with E-state index in [1.807, 2.05) is 13.0 Å². The van der Waals surface area contributed by atoms with Crippen LogP contribution in [0.1, 0.15) is 48.5 Å². The highest BCUT2D eigenvalue weighted by Crippen LogP contribution is 2.43. The topological polar surface area (TPSA) is 69.7 Å². The molecule has 0 spiro atoms. The maximum Gasteiger partial charge on any atom is 0.257 e. The van der Waals surface area contributed by atoms with Gasteiger partial charge in [0.05, 0.1) is 11.3 Å². The summed E-state index contributed by atoms with van der Waals surface area (Å²) in [6.45, 7) is 2.50. The molecule has 2 aliphatic heterocycles. The highest BCUT2D eigenvalue weighted by Gasteiger charge is 2.52. The molecule has 2 aromatic rings. The largest absolute Gasteiger partial charge is 0.356 e. The molecule has 6 nitrogen and oxygen atoms in total. The fraction of sp³-hybridized carbons (Fsp3) is 0.375. The molecule has 0 aliphatic carbocycles. The summed E-state index contributed by atoms with van der Waals surface area (Å²) in [5, 5.41) is 2.75. The quantitative estimate of drug-likeness (QED) is 0.716. The summed E-state index contributed by atoms with van der Waals surface area (Å²) in [7, 11) is 0. The van der Waals surface area contributed by atoms with E-state index in [4.69, 9.17) is 0 Å². The zero-order chi connectivity index (χ0) is 22.9. The molecule has 3 amide bonds. The number of hydrogen-bond donors (Lipinski definition) is 1. The number of anilines is 1. The van der Waals surface area contributed by atoms with E-state index in [1.165, 1.54) is 12.1 Å². The molecular weight excluding hydrogens is 416 g/mol. The number of rotatable bonds is 7. The molecule has 8 heteroatoms. The molecule has 0 saturated carbocycles. The first kappa shape index (κ1) is 21.9. The molecule has 1 saturated heterocycles. The van der Waals surface area contributed by atoms with Gasteiger partial charge in [0.2, 0.25) is 11.8 Å². The second-order valence-electron chi connectivity index (χ2n) is 8.40. The SMILES string of the molecule is CC12CCC(=O)N1c1ccccc1C(=O)N2CCCC(=O)NCCc1cc(F)cc(F)c1. The summed E-state index contributed by atoms with van der Waals surface area (Å²) in [6.07, 6.45) is 1.87. The van der Waals surface area contributed by atoms with Crippen LogP contribution < -0.4 is 10.2 Å². The second-order valence-corrected chi connectivity index (χ2v) is 8.40. The second kappa shape index (κ2) is 8.68. The fourth-order valence-corrected chi connectivity index (χ4v) is 4.63. The minimum atomic E-state index is -0.736. The third-order valence-corrected chi connectivity index (χ3v) is 6.19. The number of nitrogens with zero attached hydrogens (tertiary/aromatic N) is 2. The molecule has 32 heavy (non-hydrogen) atoms. The normalized spacial score (nSPS) is 19.7. The first-order valence-corrected chi connectivity index (χ1v) is 10.8. The highest BCUT2D eigenvalue weighted by atomic mass is 19.1. The Morgan fingerprint density at radius 1 is 1.12 bits per heavy atom. The fourth-order valence-electron chi connectivity index (χ4n) is 4.63. The van der Waals surface area contributed by atoms with Crippen LogP contribution in [0.25, 0.3) is 0 Å². The lowest BCUT2D eigenvalue weighted by Gasteiger charge is -2.48. The van der Waals surface area contributed by atoms with Gasteiger partial charge in [0.25, 0.3) is 5.91 Å². The lowest BCUT2D eigenvalue weighted by Crippen LogP contribution is -2.62. The molecule has 1 fully saturated rings. The van der Waals surface area contributed by atoms with Crippen molar-refractivity contribution >= 4 is 23.4 Å². The number of hydrogen-bond acceptors (Lipinski definition) is 3. The van der Waals surface area contributed by atoms with Crippen LogP contribution in [-0.2, 0) is 16.0 Å². The van der Waals surface area contributed by atoms with Crippen molar-refractivity contribution in [3.63, 3.8) is 0 Å². The van der Waals surface area contributed by atoms with E-state index in [-0.39, 0.29) is 30.7 Å². The van der Waals surface area contributed by atoms with Crippen LogP contribution in [0.2, 0.25) is 0 Å². The zero-order valence-corrected chi connectivity index (χ0v) is 17.9. The van der Waals surface area contributed by atoms with Gasteiger partial charge in [-0.3, -0.25) is 19.3 Å². The summed E-state index contributed by atoms with van der Waals surface area (Å²) < 4.78 is 26.5. The number of fused-ring (bicyclic) bond motifs is 3. The van der Waals surface area contributed by atoms with Crippen molar-refractivity contribution < 1.29 is 23.2 Å². The molecule has 2 aliphatic rings. The van der Waals surface area contributed by atoms with Gasteiger partial charge in [0.15, 0.2) is 0 Å². The summed E-state index contributed by atoms with van der Waals surface area (Å²) in [5.41, 5.74) is 0.872. The number of carbonyl (C=O) groups is 3. The van der Waals surface area contributed by atoms with E-state index in [0.29, 0.717) is 49.0 Å². The lowest BCUT2D eigenvalue weighted by molar-refractivity contribution is -0.121. The molecule has 2 heterocycles. The molecule has 0 aromatic heterocycles. The van der Waals surface area contributed by atoms with Gasteiger partial charge in [-0.15, -0.1) is 0 Å². The number of amides is 3. The molecule has 1 atom stereocenters. The number of nitrogens with one attached hydrogen (secondary N) is 1. The Morgan fingerprint density at radius 2 is 1.84 bits per heavy atom. The Bertz CT molecular complexity index is 1050. The van der Waals surface area contributed by atoms with Gasteiger partial charge in [-0.1, -0.05) is 12.1 Å². The smallest absolute Gasteiger partial charge is 0.257 e. The van der Waals surface area contributed by atoms with Crippen molar-refractivity contribution in [2.45, 2.75) is 44.7 Å². The highest BCUT2D eigenvalue weighted by molar-refractivity contribution is 6.10. The van der Waals surface area contributed by atoms with Gasteiger partial charge in [0.1, 0.15) is 17.3 Å². The maximum atomic E-state index is 13.2. The third-order valence-electron chi connectivity index (χ3n) is 6.19. The standard InChI is InChI=1S/C24H25F2N3O3/c1-24-10-8-22(31)29(24)20-6-3-2-5-19(20)23(32)28(24)12-4-7-21(30)27-11-9-16-13-17(25)15-18(26)14-16/h2-3,5-6,13-15H,4,7-12H2,1H3,(H,27,30). The molecule has 0 radical (unpaired) electrons. The monoisotopic (exact) mass is 441 g/mol. The van der Waals surface area contributed by atoms with Gasteiger partial charge >= 0.3 is 0 Å². The molecule has 2 aromatic carbocycles. The molecule has 1 N–H and O–H groups in total. The Hall–Kier alpha value is -3.29. The minimum absolute atomic E-state index is 0.0102. The Kier molecular flexibility index (Phi) is 5.95. The van der Waals surface area contributed by atoms with Crippen LogP contribution in [0.4, 0.5) is 14.5 Å². The third kappa shape index (κ3) is 4.09. The summed E-state index contributed by atoms with van der Waals surface area (Å²) in [4.78, 5) is 41.4. The molecule has 0 bridgehead atoms. The predicted molar refractivity (Wildman–Crippen MR) is 115 cm³/mol. The first-order chi connectivity index (χ1) is 15.3. The Balaban J connectivity index is 1.34. The summed E-state index contributed by atoms with van der Waals surface area (Å²) >= 11 is 0.